The van der Waals surface area contributed by atoms with Crippen molar-refractivity contribution in [3.8, 4) is 0 Å². The Hall–Kier alpha value is -2.90. The third-order valence-electron chi connectivity index (χ3n) is 2.56. The number of hydroxylamine groups is 2. The van der Waals surface area contributed by atoms with E-state index in [4.69, 9.17) is 5.11 Å². The number of hydrogen-bond acceptors (Lipinski definition) is 5. The number of rotatable bonds is 3. The van der Waals surface area contributed by atoms with Crippen molar-refractivity contribution < 1.29 is 29.1 Å². The molecule has 0 aromatic heterocycles. The molecular formula is C12H10N2O6. The zero-order valence-corrected chi connectivity index (χ0v) is 10.2. The molecule has 1 fully saturated rings. The van der Waals surface area contributed by atoms with Crippen LogP contribution in [0.1, 0.15) is 23.2 Å². The Balaban J connectivity index is 1.96. The molecule has 8 heteroatoms. The van der Waals surface area contributed by atoms with E-state index in [0.717, 1.165) is 0 Å². The van der Waals surface area contributed by atoms with Crippen molar-refractivity contribution in [2.45, 2.75) is 12.8 Å². The Bertz CT molecular complexity index is 564. The zero-order chi connectivity index (χ0) is 14.7. The second kappa shape index (κ2) is 5.39. The van der Waals surface area contributed by atoms with Gasteiger partial charge in [0.2, 0.25) is 0 Å². The normalized spacial score (nSPS) is 14.3. The van der Waals surface area contributed by atoms with Gasteiger partial charge in [0.15, 0.2) is 0 Å². The van der Waals surface area contributed by atoms with Crippen LogP contribution in [0.2, 0.25) is 0 Å². The van der Waals surface area contributed by atoms with Gasteiger partial charge in [-0.2, -0.15) is 0 Å². The summed E-state index contributed by atoms with van der Waals surface area (Å²) in [6, 6.07) is 5.31. The number of amides is 3. The third-order valence-corrected chi connectivity index (χ3v) is 2.56. The lowest BCUT2D eigenvalue weighted by molar-refractivity contribution is -0.170. The van der Waals surface area contributed by atoms with Gasteiger partial charge in [-0.25, -0.2) is 9.59 Å². The fraction of sp³-hybridized carbons (Fsp3) is 0.167. The average molecular weight is 278 g/mol. The summed E-state index contributed by atoms with van der Waals surface area (Å²) in [7, 11) is 0. The smallest absolute Gasteiger partial charge is 0.436 e. The van der Waals surface area contributed by atoms with Crippen LogP contribution in [0.4, 0.5) is 10.5 Å². The number of carboxylic acids is 1. The second-order valence-electron chi connectivity index (χ2n) is 3.97. The molecule has 1 aromatic rings. The van der Waals surface area contributed by atoms with Gasteiger partial charge in [0.05, 0.1) is 5.56 Å². The fourth-order valence-electron chi connectivity index (χ4n) is 1.58. The van der Waals surface area contributed by atoms with E-state index in [0.29, 0.717) is 5.06 Å². The van der Waals surface area contributed by atoms with Crippen LogP contribution in [-0.2, 0) is 14.4 Å². The quantitative estimate of drug-likeness (QED) is 0.797. The molecule has 0 bridgehead atoms. The number of nitrogens with one attached hydrogen (secondary N) is 1. The molecule has 1 heterocycles. The van der Waals surface area contributed by atoms with Gasteiger partial charge in [-0.15, -0.1) is 5.06 Å². The van der Waals surface area contributed by atoms with Gasteiger partial charge in [0, 0.05) is 18.5 Å². The topological polar surface area (TPSA) is 113 Å². The van der Waals surface area contributed by atoms with E-state index in [-0.39, 0.29) is 24.1 Å². The Morgan fingerprint density at radius 2 is 1.65 bits per heavy atom. The molecule has 0 atom stereocenters. The molecule has 0 aliphatic carbocycles. The van der Waals surface area contributed by atoms with Crippen molar-refractivity contribution >= 4 is 29.6 Å². The predicted octanol–water partition coefficient (Wildman–Crippen LogP) is 0.997. The molecule has 0 spiro atoms. The van der Waals surface area contributed by atoms with Crippen LogP contribution < -0.4 is 5.32 Å². The lowest BCUT2D eigenvalue weighted by Crippen LogP contribution is -2.33. The largest absolute Gasteiger partial charge is 0.478 e. The van der Waals surface area contributed by atoms with Crippen LogP contribution in [0.25, 0.3) is 0 Å². The third kappa shape index (κ3) is 2.91. The number of hydrogen-bond donors (Lipinski definition) is 2. The molecule has 0 unspecified atom stereocenters. The van der Waals surface area contributed by atoms with E-state index < -0.39 is 23.9 Å². The van der Waals surface area contributed by atoms with Gasteiger partial charge >= 0.3 is 12.1 Å². The summed E-state index contributed by atoms with van der Waals surface area (Å²) >= 11 is 0. The van der Waals surface area contributed by atoms with Gasteiger partial charge in [-0.05, 0) is 24.3 Å². The van der Waals surface area contributed by atoms with Crippen LogP contribution in [0.15, 0.2) is 24.3 Å². The summed E-state index contributed by atoms with van der Waals surface area (Å²) in [6.45, 7) is 0. The summed E-state index contributed by atoms with van der Waals surface area (Å²) in [5.41, 5.74) is 0.341. The Morgan fingerprint density at radius 1 is 1.10 bits per heavy atom. The number of anilines is 1. The van der Waals surface area contributed by atoms with E-state index in [9.17, 15) is 19.2 Å². The minimum absolute atomic E-state index is 0.0133. The Morgan fingerprint density at radius 3 is 2.15 bits per heavy atom. The molecule has 0 saturated carbocycles. The van der Waals surface area contributed by atoms with Crippen LogP contribution in [0.3, 0.4) is 0 Å². The average Bonchev–Trinajstić information content (AvgIpc) is 2.71. The van der Waals surface area contributed by atoms with E-state index in [1.165, 1.54) is 24.3 Å². The first-order valence-corrected chi connectivity index (χ1v) is 5.65. The lowest BCUT2D eigenvalue weighted by Gasteiger charge is -2.13. The minimum atomic E-state index is -1.09. The molecule has 0 radical (unpaired) electrons. The molecule has 2 rings (SSSR count). The molecule has 1 saturated heterocycles. The minimum Gasteiger partial charge on any atom is -0.478 e. The number of imide groups is 1. The standard InChI is InChI=1S/C12H10N2O6/c15-9-5-6-10(16)14(9)20-12(19)13-8-3-1-7(2-4-8)11(17)18/h1-4H,5-6H2,(H,13,19)(H,17,18). The van der Waals surface area contributed by atoms with Crippen LogP contribution in [0, 0.1) is 0 Å². The molecule has 1 aliphatic rings. The molecule has 20 heavy (non-hydrogen) atoms. The van der Waals surface area contributed by atoms with E-state index in [2.05, 4.69) is 10.2 Å². The van der Waals surface area contributed by atoms with E-state index >= 15 is 0 Å². The summed E-state index contributed by atoms with van der Waals surface area (Å²) in [4.78, 5) is 49.2. The van der Waals surface area contributed by atoms with Crippen LogP contribution >= 0.6 is 0 Å². The van der Waals surface area contributed by atoms with Crippen LogP contribution in [-0.4, -0.2) is 34.0 Å². The SMILES string of the molecule is O=C(Nc1ccc(C(=O)O)cc1)ON1C(=O)CCC1=O. The maximum absolute atomic E-state index is 11.5. The molecule has 1 aliphatic heterocycles. The number of nitrogens with zero attached hydrogens (tertiary/aromatic N) is 1. The predicted molar refractivity (Wildman–Crippen MR) is 64.6 cm³/mol. The van der Waals surface area contributed by atoms with Crippen molar-refractivity contribution in [1.82, 2.24) is 5.06 Å². The van der Waals surface area contributed by atoms with Crippen molar-refractivity contribution in [3.05, 3.63) is 29.8 Å². The van der Waals surface area contributed by atoms with Gasteiger partial charge < -0.3 is 9.94 Å². The summed E-state index contributed by atoms with van der Waals surface area (Å²) in [5.74, 6) is -2.25. The van der Waals surface area contributed by atoms with Crippen molar-refractivity contribution in [1.29, 1.82) is 0 Å². The highest BCUT2D eigenvalue weighted by Crippen LogP contribution is 2.14. The molecule has 2 N–H and O–H groups in total. The van der Waals surface area contributed by atoms with Crippen molar-refractivity contribution in [2.75, 3.05) is 5.32 Å². The van der Waals surface area contributed by atoms with Crippen LogP contribution in [0.5, 0.6) is 0 Å². The van der Waals surface area contributed by atoms with Crippen molar-refractivity contribution in [3.63, 3.8) is 0 Å². The summed E-state index contributed by atoms with van der Waals surface area (Å²) < 4.78 is 0. The number of carboxylic acid groups (broad SMARTS) is 1. The molecule has 3 amide bonds. The second-order valence-corrected chi connectivity index (χ2v) is 3.97. The maximum atomic E-state index is 11.5. The van der Waals surface area contributed by atoms with Crippen molar-refractivity contribution in [2.24, 2.45) is 0 Å². The summed E-state index contributed by atoms with van der Waals surface area (Å²) in [6.07, 6.45) is -0.976. The first-order valence-electron chi connectivity index (χ1n) is 5.65. The van der Waals surface area contributed by atoms with E-state index in [1.807, 2.05) is 0 Å². The van der Waals surface area contributed by atoms with Gasteiger partial charge in [0.1, 0.15) is 0 Å². The fourth-order valence-corrected chi connectivity index (χ4v) is 1.58. The number of aromatic carboxylic acids is 1. The molecule has 104 valence electrons. The Labute approximate surface area is 112 Å². The first-order chi connectivity index (χ1) is 9.47. The highest BCUT2D eigenvalue weighted by Gasteiger charge is 2.32. The highest BCUT2D eigenvalue weighted by atomic mass is 16.7. The monoisotopic (exact) mass is 278 g/mol. The van der Waals surface area contributed by atoms with E-state index in [1.54, 1.807) is 0 Å². The van der Waals surface area contributed by atoms with Gasteiger partial charge in [-0.3, -0.25) is 14.9 Å². The Kier molecular flexibility index (Phi) is 3.65. The molecular weight excluding hydrogens is 268 g/mol. The first kappa shape index (κ1) is 13.5. The highest BCUT2D eigenvalue weighted by molar-refractivity contribution is 6.02. The number of carbonyl (C=O) groups is 4. The maximum Gasteiger partial charge on any atom is 0.436 e. The lowest BCUT2D eigenvalue weighted by atomic mass is 10.2. The number of carbonyl (C=O) groups excluding carboxylic acids is 3. The number of benzene rings is 1. The van der Waals surface area contributed by atoms with Gasteiger partial charge in [-0.1, -0.05) is 0 Å². The molecule has 8 nitrogen and oxygen atoms in total. The van der Waals surface area contributed by atoms with Gasteiger partial charge in [0.25, 0.3) is 11.8 Å². The molecule has 1 aromatic carbocycles. The zero-order valence-electron chi connectivity index (χ0n) is 10.2. The summed E-state index contributed by atoms with van der Waals surface area (Å²) in [5, 5.41) is 11.4.